The molecule has 0 aromatic heterocycles. The monoisotopic (exact) mass is 467 g/mol. The fraction of sp³-hybridized carbons (Fsp3) is 0.958. The van der Waals surface area contributed by atoms with Crippen LogP contribution in [0.3, 0.4) is 0 Å². The van der Waals surface area contributed by atoms with E-state index in [2.05, 4.69) is 0 Å². The number of hydrogen-bond donors (Lipinski definition) is 0. The average molecular weight is 468 g/mol. The molecule has 2 spiro atoms. The number of ether oxygens (including phenoxy) is 1. The molecule has 2 aliphatic heterocycles. The Morgan fingerprint density at radius 1 is 0.906 bits per heavy atom. The van der Waals surface area contributed by atoms with Gasteiger partial charge in [0.05, 0.1) is 5.25 Å². The molecule has 0 unspecified atom stereocenters. The van der Waals surface area contributed by atoms with Crippen molar-refractivity contribution in [1.29, 1.82) is 0 Å². The van der Waals surface area contributed by atoms with Gasteiger partial charge in [-0.3, -0.25) is 4.79 Å². The van der Waals surface area contributed by atoms with Crippen LogP contribution in [-0.4, -0.2) is 55.4 Å². The third kappa shape index (κ3) is 3.64. The van der Waals surface area contributed by atoms with E-state index in [4.69, 9.17) is 14.5 Å². The molecule has 0 N–H and O–H groups in total. The smallest absolute Gasteiger partial charge is 0.222 e. The van der Waals surface area contributed by atoms with Crippen molar-refractivity contribution in [3.05, 3.63) is 0 Å². The summed E-state index contributed by atoms with van der Waals surface area (Å²) in [6.07, 6.45) is 12.6. The number of carbonyl (C=O) groups excluding carboxylic acids is 1. The molecule has 0 aromatic carbocycles. The van der Waals surface area contributed by atoms with E-state index in [1.54, 1.807) is 0 Å². The molecule has 0 aromatic rings. The summed E-state index contributed by atoms with van der Waals surface area (Å²) in [5.41, 5.74) is 0. The molecule has 5 aliphatic carbocycles. The molecule has 180 valence electrons. The Labute approximate surface area is 191 Å². The van der Waals surface area contributed by atoms with Crippen molar-refractivity contribution in [2.75, 3.05) is 19.3 Å². The molecular formula is C24H37NO6S. The maximum absolute atomic E-state index is 12.8. The van der Waals surface area contributed by atoms with Gasteiger partial charge >= 0.3 is 0 Å². The molecule has 2 heterocycles. The molecule has 7 nitrogen and oxygen atoms in total. The zero-order valence-corrected chi connectivity index (χ0v) is 20.0. The van der Waals surface area contributed by atoms with E-state index in [0.717, 1.165) is 37.5 Å². The van der Waals surface area contributed by atoms with Gasteiger partial charge in [0, 0.05) is 50.4 Å². The molecular weight excluding hydrogens is 430 g/mol. The standard InChI is InChI=1S/C24H37NO6S/c1-32(27,28)21-4-8-25(9-5-21)22(26)15-16-2-6-23(7-3-16)29-24(31-30-23)19-11-17-10-18(13-19)14-20(24)12-17/h16-21H,2-15H2,1H3. The normalized spacial score (nSPS) is 46.4. The summed E-state index contributed by atoms with van der Waals surface area (Å²) in [6.45, 7) is 1.11. The van der Waals surface area contributed by atoms with Gasteiger partial charge in [-0.15, -0.1) is 0 Å². The Hall–Kier alpha value is -0.700. The summed E-state index contributed by atoms with van der Waals surface area (Å²) in [5, 5.41) is -0.296. The van der Waals surface area contributed by atoms with Crippen LogP contribution in [0.5, 0.6) is 0 Å². The predicted molar refractivity (Wildman–Crippen MR) is 117 cm³/mol. The van der Waals surface area contributed by atoms with Crippen molar-refractivity contribution in [3.63, 3.8) is 0 Å². The van der Waals surface area contributed by atoms with Crippen molar-refractivity contribution in [2.24, 2.45) is 29.6 Å². The Bertz CT molecular complexity index is 828. The minimum atomic E-state index is -3.01. The maximum Gasteiger partial charge on any atom is 0.222 e. The summed E-state index contributed by atoms with van der Waals surface area (Å²) in [4.78, 5) is 26.8. The van der Waals surface area contributed by atoms with Crippen LogP contribution >= 0.6 is 0 Å². The highest BCUT2D eigenvalue weighted by atomic mass is 32.2. The summed E-state index contributed by atoms with van der Waals surface area (Å²) in [6, 6.07) is 0. The van der Waals surface area contributed by atoms with Gasteiger partial charge in [0.1, 0.15) is 9.84 Å². The Balaban J connectivity index is 1.02. The highest BCUT2D eigenvalue weighted by Gasteiger charge is 2.66. The van der Waals surface area contributed by atoms with Crippen LogP contribution in [0.4, 0.5) is 0 Å². The lowest BCUT2D eigenvalue weighted by atomic mass is 9.53. The SMILES string of the molecule is CS(=O)(=O)C1CCN(C(=O)CC2CCC3(CC2)OOC2(O3)C3CC4CC(C3)CC2C4)CC1. The number of rotatable bonds is 3. The van der Waals surface area contributed by atoms with Gasteiger partial charge in [-0.2, -0.15) is 9.78 Å². The van der Waals surface area contributed by atoms with Crippen molar-refractivity contribution < 1.29 is 27.7 Å². The quantitative estimate of drug-likeness (QED) is 0.592. The number of amides is 1. The third-order valence-corrected chi connectivity index (χ3v) is 11.4. The minimum absolute atomic E-state index is 0.167. The molecule has 1 amide bonds. The molecule has 7 fully saturated rings. The molecule has 4 bridgehead atoms. The van der Waals surface area contributed by atoms with Crippen molar-refractivity contribution >= 4 is 15.7 Å². The summed E-state index contributed by atoms with van der Waals surface area (Å²) in [7, 11) is -3.01. The Morgan fingerprint density at radius 3 is 2.06 bits per heavy atom. The Morgan fingerprint density at radius 2 is 1.50 bits per heavy atom. The highest BCUT2D eigenvalue weighted by Crippen LogP contribution is 2.63. The maximum atomic E-state index is 12.8. The lowest BCUT2D eigenvalue weighted by molar-refractivity contribution is -0.390. The summed E-state index contributed by atoms with van der Waals surface area (Å²) in [5.74, 6) is 2.04. The minimum Gasteiger partial charge on any atom is -0.343 e. The second-order valence-corrected chi connectivity index (χ2v) is 14.1. The largest absolute Gasteiger partial charge is 0.343 e. The summed E-state index contributed by atoms with van der Waals surface area (Å²) >= 11 is 0. The van der Waals surface area contributed by atoms with Gasteiger partial charge < -0.3 is 9.64 Å². The van der Waals surface area contributed by atoms with Gasteiger partial charge in [0.15, 0.2) is 0 Å². The van der Waals surface area contributed by atoms with E-state index in [1.165, 1.54) is 38.4 Å². The topological polar surface area (TPSA) is 82.1 Å². The van der Waals surface area contributed by atoms with Gasteiger partial charge in [0.25, 0.3) is 0 Å². The fourth-order valence-electron chi connectivity index (χ4n) is 8.03. The summed E-state index contributed by atoms with van der Waals surface area (Å²) < 4.78 is 30.3. The van der Waals surface area contributed by atoms with Crippen molar-refractivity contribution in [1.82, 2.24) is 4.90 Å². The lowest BCUT2D eigenvalue weighted by Gasteiger charge is -2.57. The van der Waals surface area contributed by atoms with E-state index in [1.807, 2.05) is 4.90 Å². The first kappa shape index (κ1) is 21.8. The van der Waals surface area contributed by atoms with Crippen LogP contribution in [-0.2, 0) is 29.1 Å². The Kier molecular flexibility index (Phi) is 5.22. The van der Waals surface area contributed by atoms with E-state index < -0.39 is 21.4 Å². The van der Waals surface area contributed by atoms with Gasteiger partial charge in [-0.05, 0) is 75.5 Å². The number of hydrogen-bond acceptors (Lipinski definition) is 6. The van der Waals surface area contributed by atoms with E-state index in [-0.39, 0.29) is 11.2 Å². The average Bonchev–Trinajstić information content (AvgIpc) is 3.13. The van der Waals surface area contributed by atoms with Crippen LogP contribution < -0.4 is 0 Å². The van der Waals surface area contributed by atoms with E-state index >= 15 is 0 Å². The van der Waals surface area contributed by atoms with Gasteiger partial charge in [0.2, 0.25) is 17.5 Å². The van der Waals surface area contributed by atoms with Crippen LogP contribution in [0.1, 0.15) is 77.0 Å². The molecule has 8 heteroatoms. The third-order valence-electron chi connectivity index (χ3n) is 9.68. The van der Waals surface area contributed by atoms with Crippen LogP contribution in [0.15, 0.2) is 0 Å². The van der Waals surface area contributed by atoms with Gasteiger partial charge in [-0.1, -0.05) is 0 Å². The predicted octanol–water partition coefficient (Wildman–Crippen LogP) is 3.43. The number of carbonyl (C=O) groups is 1. The number of sulfone groups is 1. The van der Waals surface area contributed by atoms with E-state index in [0.29, 0.717) is 50.1 Å². The van der Waals surface area contributed by atoms with Crippen LogP contribution in [0, 0.1) is 29.6 Å². The fourth-order valence-corrected chi connectivity index (χ4v) is 9.09. The molecule has 2 saturated heterocycles. The number of piperidine rings is 1. The molecule has 7 rings (SSSR count). The highest BCUT2D eigenvalue weighted by molar-refractivity contribution is 7.91. The zero-order chi connectivity index (χ0) is 22.1. The molecule has 7 aliphatic rings. The molecule has 32 heavy (non-hydrogen) atoms. The molecule has 0 atom stereocenters. The molecule has 0 radical (unpaired) electrons. The van der Waals surface area contributed by atoms with Gasteiger partial charge in [-0.25, -0.2) is 8.42 Å². The zero-order valence-electron chi connectivity index (χ0n) is 19.2. The van der Waals surface area contributed by atoms with Crippen molar-refractivity contribution in [3.8, 4) is 0 Å². The van der Waals surface area contributed by atoms with Crippen molar-refractivity contribution in [2.45, 2.75) is 93.9 Å². The first-order chi connectivity index (χ1) is 15.2. The van der Waals surface area contributed by atoms with Crippen LogP contribution in [0.2, 0.25) is 0 Å². The van der Waals surface area contributed by atoms with E-state index in [9.17, 15) is 13.2 Å². The number of likely N-dealkylation sites (tertiary alicyclic amines) is 1. The lowest BCUT2D eigenvalue weighted by Crippen LogP contribution is -2.59. The second kappa shape index (κ2) is 7.65. The molecule has 5 saturated carbocycles. The number of nitrogens with zero attached hydrogens (tertiary/aromatic N) is 1. The first-order valence-electron chi connectivity index (χ1n) is 12.8. The second-order valence-electron chi connectivity index (χ2n) is 11.8. The van der Waals surface area contributed by atoms with Crippen LogP contribution in [0.25, 0.3) is 0 Å². The first-order valence-corrected chi connectivity index (χ1v) is 14.7.